The molecule has 0 heterocycles. The molecule has 0 spiro atoms. The Bertz CT molecular complexity index is 326. The van der Waals surface area contributed by atoms with Crippen LogP contribution >= 0.6 is 0 Å². The van der Waals surface area contributed by atoms with Crippen LogP contribution in [0.25, 0.3) is 0 Å². The van der Waals surface area contributed by atoms with Gasteiger partial charge in [0.2, 0.25) is 12.2 Å². The van der Waals surface area contributed by atoms with Crippen LogP contribution in [-0.2, 0) is 19.2 Å². The molecule has 0 radical (unpaired) electrons. The average molecular weight is 197 g/mol. The van der Waals surface area contributed by atoms with Crippen LogP contribution in [0.2, 0.25) is 0 Å². The Labute approximate surface area is 78.7 Å². The third kappa shape index (κ3) is 4.84. The van der Waals surface area contributed by atoms with Crippen LogP contribution in [-0.4, -0.2) is 30.0 Å². The summed E-state index contributed by atoms with van der Waals surface area (Å²) in [4.78, 5) is 46.2. The monoisotopic (exact) mass is 197 g/mol. The van der Waals surface area contributed by atoms with Gasteiger partial charge in [-0.3, -0.25) is 9.59 Å². The number of nitrogens with two attached hydrogens (primary N) is 1. The van der Waals surface area contributed by atoms with E-state index in [2.05, 4.69) is 9.98 Å². The first kappa shape index (κ1) is 12.1. The van der Waals surface area contributed by atoms with Gasteiger partial charge in [0.1, 0.15) is 0 Å². The van der Waals surface area contributed by atoms with Crippen molar-refractivity contribution in [1.82, 2.24) is 0 Å². The van der Waals surface area contributed by atoms with E-state index in [1.54, 1.807) is 0 Å². The Hall–Kier alpha value is -1.94. The van der Waals surface area contributed by atoms with Crippen LogP contribution < -0.4 is 5.73 Å². The number of aliphatic imine (C=N–C) groups is 2. The SMILES string of the molecule is NC(CCC(=O)N=C=O)C(=O)N=C=O. The summed E-state index contributed by atoms with van der Waals surface area (Å²) in [6, 6.07) is -1.05. The van der Waals surface area contributed by atoms with Crippen LogP contribution in [0.1, 0.15) is 12.8 Å². The summed E-state index contributed by atoms with van der Waals surface area (Å²) in [5.41, 5.74) is 5.23. The molecule has 0 saturated heterocycles. The van der Waals surface area contributed by atoms with Crippen LogP contribution in [0.15, 0.2) is 9.98 Å². The summed E-state index contributed by atoms with van der Waals surface area (Å²) in [6.07, 6.45) is 1.89. The number of nitrogens with zero attached hydrogens (tertiary/aromatic N) is 2. The van der Waals surface area contributed by atoms with Crippen molar-refractivity contribution in [1.29, 1.82) is 0 Å². The fraction of sp³-hybridized carbons (Fsp3) is 0.429. The lowest BCUT2D eigenvalue weighted by Gasteiger charge is -2.02. The quantitative estimate of drug-likeness (QED) is 0.449. The van der Waals surface area contributed by atoms with Gasteiger partial charge < -0.3 is 5.73 Å². The van der Waals surface area contributed by atoms with Gasteiger partial charge in [0, 0.05) is 6.42 Å². The highest BCUT2D eigenvalue weighted by Crippen LogP contribution is 1.97. The summed E-state index contributed by atoms with van der Waals surface area (Å²) < 4.78 is 0. The van der Waals surface area contributed by atoms with Gasteiger partial charge in [-0.2, -0.15) is 0 Å². The summed E-state index contributed by atoms with van der Waals surface area (Å²) >= 11 is 0. The van der Waals surface area contributed by atoms with Gasteiger partial charge in [-0.25, -0.2) is 9.59 Å². The second-order valence-electron chi connectivity index (χ2n) is 2.28. The first-order chi connectivity index (χ1) is 6.61. The molecule has 14 heavy (non-hydrogen) atoms. The highest BCUT2D eigenvalue weighted by atomic mass is 16.2. The summed E-state index contributed by atoms with van der Waals surface area (Å²) in [5, 5.41) is 0. The molecule has 0 aliphatic rings. The summed E-state index contributed by atoms with van der Waals surface area (Å²) in [7, 11) is 0. The van der Waals surface area contributed by atoms with E-state index >= 15 is 0 Å². The first-order valence-corrected chi connectivity index (χ1v) is 3.59. The zero-order chi connectivity index (χ0) is 11.0. The number of hydrogen-bond acceptors (Lipinski definition) is 5. The Balaban J connectivity index is 4.02. The topological polar surface area (TPSA) is 119 Å². The molecule has 2 N–H and O–H groups in total. The van der Waals surface area contributed by atoms with Gasteiger partial charge in [0.25, 0.3) is 11.8 Å². The molecule has 74 valence electrons. The number of isocyanates is 2. The Morgan fingerprint density at radius 2 is 1.79 bits per heavy atom. The number of carbonyl (C=O) groups excluding carboxylic acids is 4. The smallest absolute Gasteiger partial charge is 0.273 e. The molecule has 0 aromatic carbocycles. The Kier molecular flexibility index (Phi) is 5.65. The van der Waals surface area contributed by atoms with Crippen molar-refractivity contribution >= 4 is 24.0 Å². The average Bonchev–Trinajstić information content (AvgIpc) is 2.15. The van der Waals surface area contributed by atoms with Gasteiger partial charge in [0.05, 0.1) is 6.04 Å². The molecule has 0 saturated carbocycles. The van der Waals surface area contributed by atoms with E-state index in [9.17, 15) is 19.2 Å². The molecular weight excluding hydrogens is 190 g/mol. The highest BCUT2D eigenvalue weighted by Gasteiger charge is 2.13. The molecule has 0 aromatic rings. The molecule has 0 aliphatic heterocycles. The maximum atomic E-state index is 10.7. The second-order valence-corrected chi connectivity index (χ2v) is 2.28. The van der Waals surface area contributed by atoms with E-state index in [1.165, 1.54) is 0 Å². The molecule has 2 amide bonds. The van der Waals surface area contributed by atoms with Gasteiger partial charge in [-0.1, -0.05) is 0 Å². The van der Waals surface area contributed by atoms with Gasteiger partial charge in [0.15, 0.2) is 0 Å². The largest absolute Gasteiger partial charge is 0.320 e. The van der Waals surface area contributed by atoms with E-state index in [-0.39, 0.29) is 12.8 Å². The van der Waals surface area contributed by atoms with E-state index in [4.69, 9.17) is 5.73 Å². The lowest BCUT2D eigenvalue weighted by atomic mass is 10.1. The van der Waals surface area contributed by atoms with Crippen molar-refractivity contribution in [2.75, 3.05) is 0 Å². The fourth-order valence-electron chi connectivity index (χ4n) is 0.637. The van der Waals surface area contributed by atoms with Crippen LogP contribution in [0.3, 0.4) is 0 Å². The van der Waals surface area contributed by atoms with E-state index in [0.717, 1.165) is 12.2 Å². The molecule has 0 rings (SSSR count). The zero-order valence-corrected chi connectivity index (χ0v) is 7.10. The minimum Gasteiger partial charge on any atom is -0.320 e. The molecule has 7 heteroatoms. The van der Waals surface area contributed by atoms with E-state index in [1.807, 2.05) is 0 Å². The number of hydrogen-bond donors (Lipinski definition) is 1. The predicted octanol–water partition coefficient (Wildman–Crippen LogP) is -1.18. The van der Waals surface area contributed by atoms with Gasteiger partial charge in [-0.05, 0) is 6.42 Å². The number of carbonyl (C=O) groups is 2. The second kappa shape index (κ2) is 6.56. The molecule has 0 bridgehead atoms. The van der Waals surface area contributed by atoms with Crippen LogP contribution in [0, 0.1) is 0 Å². The first-order valence-electron chi connectivity index (χ1n) is 3.59. The van der Waals surface area contributed by atoms with Crippen molar-refractivity contribution in [2.45, 2.75) is 18.9 Å². The van der Waals surface area contributed by atoms with Gasteiger partial charge >= 0.3 is 0 Å². The fourth-order valence-corrected chi connectivity index (χ4v) is 0.637. The van der Waals surface area contributed by atoms with Crippen molar-refractivity contribution in [2.24, 2.45) is 15.7 Å². The standard InChI is InChI=1S/C7H7N3O4/c8-5(7(14)10-4-12)1-2-6(13)9-3-11/h5H,1-2,8H2. The van der Waals surface area contributed by atoms with Crippen molar-refractivity contribution in [3.63, 3.8) is 0 Å². The highest BCUT2D eigenvalue weighted by molar-refractivity contribution is 5.87. The molecule has 0 aliphatic carbocycles. The Morgan fingerprint density at radius 3 is 2.29 bits per heavy atom. The molecule has 0 fully saturated rings. The minimum absolute atomic E-state index is 0.0337. The summed E-state index contributed by atoms with van der Waals surface area (Å²) in [6.45, 7) is 0. The number of amides is 2. The van der Waals surface area contributed by atoms with Gasteiger partial charge in [-0.15, -0.1) is 9.98 Å². The van der Waals surface area contributed by atoms with E-state index < -0.39 is 17.9 Å². The van der Waals surface area contributed by atoms with Crippen molar-refractivity contribution < 1.29 is 19.2 Å². The normalized spacial score (nSPS) is 10.6. The molecular formula is C7H7N3O4. The van der Waals surface area contributed by atoms with Crippen LogP contribution in [0.5, 0.6) is 0 Å². The lowest BCUT2D eigenvalue weighted by molar-refractivity contribution is -0.120. The van der Waals surface area contributed by atoms with Crippen molar-refractivity contribution in [3.8, 4) is 0 Å². The predicted molar refractivity (Wildman–Crippen MR) is 43.5 cm³/mol. The molecule has 7 nitrogen and oxygen atoms in total. The van der Waals surface area contributed by atoms with E-state index in [0.29, 0.717) is 0 Å². The zero-order valence-electron chi connectivity index (χ0n) is 7.10. The van der Waals surface area contributed by atoms with Crippen LogP contribution in [0.4, 0.5) is 0 Å². The molecule has 1 atom stereocenters. The third-order valence-electron chi connectivity index (χ3n) is 1.31. The van der Waals surface area contributed by atoms with Crippen molar-refractivity contribution in [3.05, 3.63) is 0 Å². The Morgan fingerprint density at radius 1 is 1.21 bits per heavy atom. The molecule has 0 aromatic heterocycles. The maximum Gasteiger partial charge on any atom is 0.273 e. The summed E-state index contributed by atoms with van der Waals surface area (Å²) in [5.74, 6) is -1.58. The maximum absolute atomic E-state index is 10.7. The molecule has 1 unspecified atom stereocenters. The number of rotatable bonds is 4. The minimum atomic E-state index is -1.05. The third-order valence-corrected chi connectivity index (χ3v) is 1.31. The lowest BCUT2D eigenvalue weighted by Crippen LogP contribution is -2.29.